The molecule has 1 aromatic heterocycles. The number of nitrogens with one attached hydrogen (secondary N) is 1. The minimum absolute atomic E-state index is 0.843. The number of benzene rings is 1. The maximum Gasteiger partial charge on any atom is 0.0661 e. The Balaban J connectivity index is 2.27. The van der Waals surface area contributed by atoms with Crippen molar-refractivity contribution in [1.82, 2.24) is 9.88 Å². The summed E-state index contributed by atoms with van der Waals surface area (Å²) in [6.45, 7) is 2.04. The molecule has 2 rings (SSSR count). The second kappa shape index (κ2) is 4.69. The van der Waals surface area contributed by atoms with Crippen LogP contribution in [0.15, 0.2) is 30.5 Å². The highest BCUT2D eigenvalue weighted by atomic mass is 35.5. The molecule has 0 atom stereocenters. The molecular formula is C12H15ClN2. The molecule has 80 valence electrons. The fourth-order valence-corrected chi connectivity index (χ4v) is 2.09. The lowest BCUT2D eigenvalue weighted by Gasteiger charge is -2.04. The Morgan fingerprint density at radius 1 is 1.33 bits per heavy atom. The van der Waals surface area contributed by atoms with Crippen LogP contribution in [0.3, 0.4) is 0 Å². The van der Waals surface area contributed by atoms with Crippen molar-refractivity contribution < 1.29 is 0 Å². The Hall–Kier alpha value is -0.990. The van der Waals surface area contributed by atoms with E-state index in [4.69, 9.17) is 11.6 Å². The van der Waals surface area contributed by atoms with Crippen LogP contribution in [0.1, 0.15) is 6.42 Å². The first-order valence-electron chi connectivity index (χ1n) is 5.21. The smallest absolute Gasteiger partial charge is 0.0661 e. The van der Waals surface area contributed by atoms with E-state index in [1.807, 2.05) is 25.4 Å². The van der Waals surface area contributed by atoms with Crippen molar-refractivity contribution in [2.24, 2.45) is 0 Å². The van der Waals surface area contributed by atoms with Crippen molar-refractivity contribution in [3.63, 3.8) is 0 Å². The summed E-state index contributed by atoms with van der Waals surface area (Å²) in [4.78, 5) is 0. The second-order valence-corrected chi connectivity index (χ2v) is 4.05. The Bertz CT molecular complexity index is 448. The van der Waals surface area contributed by atoms with Gasteiger partial charge < -0.3 is 9.88 Å². The molecule has 0 aliphatic heterocycles. The third-order valence-electron chi connectivity index (χ3n) is 2.57. The van der Waals surface area contributed by atoms with E-state index in [0.717, 1.165) is 29.9 Å². The van der Waals surface area contributed by atoms with Crippen LogP contribution in [0.2, 0.25) is 5.02 Å². The number of aromatic nitrogens is 1. The number of rotatable bonds is 4. The summed E-state index contributed by atoms with van der Waals surface area (Å²) in [5.74, 6) is 0. The molecule has 2 nitrogen and oxygen atoms in total. The van der Waals surface area contributed by atoms with Crippen LogP contribution in [-0.4, -0.2) is 18.2 Å². The summed E-state index contributed by atoms with van der Waals surface area (Å²) in [5.41, 5.74) is 1.22. The predicted octanol–water partition coefficient (Wildman–Crippen LogP) is 2.90. The van der Waals surface area contributed by atoms with Gasteiger partial charge in [0.2, 0.25) is 0 Å². The van der Waals surface area contributed by atoms with E-state index >= 15 is 0 Å². The van der Waals surface area contributed by atoms with Gasteiger partial charge in [0, 0.05) is 23.6 Å². The van der Waals surface area contributed by atoms with Crippen molar-refractivity contribution in [3.05, 3.63) is 35.5 Å². The first kappa shape index (κ1) is 10.5. The Kier molecular flexibility index (Phi) is 3.29. The molecule has 0 spiro atoms. The summed E-state index contributed by atoms with van der Waals surface area (Å²) < 4.78 is 2.22. The standard InChI is InChI=1S/C12H15ClN2/c1-14-7-4-8-15-9-11(13)10-5-2-3-6-12(10)15/h2-3,5-6,9,14H,4,7-8H2,1H3. The average Bonchev–Trinajstić information content (AvgIpc) is 2.58. The molecular weight excluding hydrogens is 208 g/mol. The lowest BCUT2D eigenvalue weighted by molar-refractivity contribution is 0.627. The van der Waals surface area contributed by atoms with E-state index in [2.05, 4.69) is 22.0 Å². The predicted molar refractivity (Wildman–Crippen MR) is 65.5 cm³/mol. The highest BCUT2D eigenvalue weighted by molar-refractivity contribution is 6.35. The van der Waals surface area contributed by atoms with Gasteiger partial charge in [-0.2, -0.15) is 0 Å². The second-order valence-electron chi connectivity index (χ2n) is 3.64. The van der Waals surface area contributed by atoms with Crippen LogP contribution in [0.5, 0.6) is 0 Å². The third-order valence-corrected chi connectivity index (χ3v) is 2.87. The van der Waals surface area contributed by atoms with E-state index in [9.17, 15) is 0 Å². The molecule has 0 aliphatic carbocycles. The van der Waals surface area contributed by atoms with Crippen molar-refractivity contribution in [2.45, 2.75) is 13.0 Å². The number of halogens is 1. The van der Waals surface area contributed by atoms with E-state index in [1.54, 1.807) is 0 Å². The summed E-state index contributed by atoms with van der Waals surface area (Å²) in [5, 5.41) is 5.13. The third kappa shape index (κ3) is 2.16. The number of hydrogen-bond acceptors (Lipinski definition) is 1. The Morgan fingerprint density at radius 3 is 2.93 bits per heavy atom. The molecule has 2 aromatic rings. The van der Waals surface area contributed by atoms with Gasteiger partial charge in [0.15, 0.2) is 0 Å². The molecule has 1 aromatic carbocycles. The van der Waals surface area contributed by atoms with E-state index in [-0.39, 0.29) is 0 Å². The lowest BCUT2D eigenvalue weighted by atomic mass is 10.2. The molecule has 0 fully saturated rings. The van der Waals surface area contributed by atoms with Gasteiger partial charge in [-0.1, -0.05) is 29.8 Å². The molecule has 0 aliphatic rings. The summed E-state index contributed by atoms with van der Waals surface area (Å²) in [6.07, 6.45) is 3.13. The average molecular weight is 223 g/mol. The molecule has 0 bridgehead atoms. The Labute approximate surface area is 94.8 Å². The topological polar surface area (TPSA) is 17.0 Å². The first-order valence-corrected chi connectivity index (χ1v) is 5.58. The van der Waals surface area contributed by atoms with Crippen LogP contribution in [0, 0.1) is 0 Å². The molecule has 0 amide bonds. The van der Waals surface area contributed by atoms with Gasteiger partial charge in [-0.15, -0.1) is 0 Å². The summed E-state index contributed by atoms with van der Waals surface area (Å²) in [7, 11) is 1.97. The molecule has 1 N–H and O–H groups in total. The molecule has 0 unspecified atom stereocenters. The normalized spacial score (nSPS) is 11.1. The molecule has 0 saturated heterocycles. The van der Waals surface area contributed by atoms with Crippen molar-refractivity contribution in [3.8, 4) is 0 Å². The molecule has 0 radical (unpaired) electrons. The van der Waals surface area contributed by atoms with Crippen LogP contribution in [-0.2, 0) is 6.54 Å². The minimum Gasteiger partial charge on any atom is -0.346 e. The van der Waals surface area contributed by atoms with Crippen LogP contribution >= 0.6 is 11.6 Å². The van der Waals surface area contributed by atoms with Crippen molar-refractivity contribution in [1.29, 1.82) is 0 Å². The zero-order valence-corrected chi connectivity index (χ0v) is 9.59. The minimum atomic E-state index is 0.843. The lowest BCUT2D eigenvalue weighted by Crippen LogP contribution is -2.10. The zero-order chi connectivity index (χ0) is 10.7. The van der Waals surface area contributed by atoms with Gasteiger partial charge in [-0.25, -0.2) is 0 Å². The van der Waals surface area contributed by atoms with Gasteiger partial charge in [-0.3, -0.25) is 0 Å². The number of hydrogen-bond donors (Lipinski definition) is 1. The van der Waals surface area contributed by atoms with Crippen LogP contribution in [0.4, 0.5) is 0 Å². The highest BCUT2D eigenvalue weighted by Gasteiger charge is 2.04. The van der Waals surface area contributed by atoms with E-state index < -0.39 is 0 Å². The zero-order valence-electron chi connectivity index (χ0n) is 8.83. The summed E-state index contributed by atoms with van der Waals surface area (Å²) >= 11 is 6.15. The monoisotopic (exact) mass is 222 g/mol. The summed E-state index contributed by atoms with van der Waals surface area (Å²) in [6, 6.07) is 8.24. The van der Waals surface area contributed by atoms with E-state index in [1.165, 1.54) is 5.52 Å². The largest absolute Gasteiger partial charge is 0.346 e. The quantitative estimate of drug-likeness (QED) is 0.788. The van der Waals surface area contributed by atoms with Gasteiger partial charge in [-0.05, 0) is 26.1 Å². The maximum absolute atomic E-state index is 6.15. The number of fused-ring (bicyclic) bond motifs is 1. The number of nitrogens with zero attached hydrogens (tertiary/aromatic N) is 1. The molecule has 15 heavy (non-hydrogen) atoms. The molecule has 1 heterocycles. The van der Waals surface area contributed by atoms with Gasteiger partial charge in [0.05, 0.1) is 5.02 Å². The fraction of sp³-hybridized carbons (Fsp3) is 0.333. The van der Waals surface area contributed by atoms with Crippen LogP contribution < -0.4 is 5.32 Å². The van der Waals surface area contributed by atoms with E-state index in [0.29, 0.717) is 0 Å². The van der Waals surface area contributed by atoms with Gasteiger partial charge in [0.1, 0.15) is 0 Å². The fourth-order valence-electron chi connectivity index (χ4n) is 1.81. The first-order chi connectivity index (χ1) is 7.33. The van der Waals surface area contributed by atoms with Gasteiger partial charge in [0.25, 0.3) is 0 Å². The van der Waals surface area contributed by atoms with Gasteiger partial charge >= 0.3 is 0 Å². The Morgan fingerprint density at radius 2 is 2.13 bits per heavy atom. The number of aryl methyl sites for hydroxylation is 1. The highest BCUT2D eigenvalue weighted by Crippen LogP contribution is 2.25. The van der Waals surface area contributed by atoms with Crippen LogP contribution in [0.25, 0.3) is 10.9 Å². The molecule has 3 heteroatoms. The maximum atomic E-state index is 6.15. The number of para-hydroxylation sites is 1. The SMILES string of the molecule is CNCCCn1cc(Cl)c2ccccc21. The molecule has 0 saturated carbocycles. The van der Waals surface area contributed by atoms with Crippen molar-refractivity contribution >= 4 is 22.5 Å². The van der Waals surface area contributed by atoms with Crippen molar-refractivity contribution in [2.75, 3.05) is 13.6 Å².